The molecule has 136 valence electrons. The Hall–Kier alpha value is 0.450. The van der Waals surface area contributed by atoms with Gasteiger partial charge >= 0.3 is 0 Å². The minimum atomic E-state index is 1.03. The maximum absolute atomic E-state index is 3.52. The van der Waals surface area contributed by atoms with Crippen molar-refractivity contribution in [3.8, 4) is 0 Å². The molecular weight excluding hydrogens is 496 g/mol. The highest BCUT2D eigenvalue weighted by molar-refractivity contribution is 9.09. The molecule has 0 aliphatic heterocycles. The topological polar surface area (TPSA) is 0 Å². The average molecular weight is 520 g/mol. The van der Waals surface area contributed by atoms with E-state index in [0.29, 0.717) is 0 Å². The van der Waals surface area contributed by atoms with Crippen LogP contribution in [0.4, 0.5) is 0 Å². The Morgan fingerprint density at radius 1 is 0.640 bits per heavy atom. The van der Waals surface area contributed by atoms with Gasteiger partial charge in [-0.05, 0) is 74.2 Å². The van der Waals surface area contributed by atoms with Crippen molar-refractivity contribution in [3.05, 3.63) is 46.5 Å². The summed E-state index contributed by atoms with van der Waals surface area (Å²) in [5.74, 6) is 2.22. The van der Waals surface area contributed by atoms with Gasteiger partial charge in [-0.1, -0.05) is 43.6 Å². The Morgan fingerprint density at radius 2 is 0.960 bits per heavy atom. The fraction of sp³-hybridized carbons (Fsp3) is 0.400. The number of aryl methyl sites for hydroxylation is 4. The largest absolute Gasteiger partial charge is 0.125 e. The van der Waals surface area contributed by atoms with E-state index in [1.807, 2.05) is 35.3 Å². The highest BCUT2D eigenvalue weighted by atomic mass is 79.9. The van der Waals surface area contributed by atoms with E-state index in [0.717, 1.165) is 22.2 Å². The summed E-state index contributed by atoms with van der Waals surface area (Å²) >= 11 is 12.8. The predicted octanol–water partition coefficient (Wildman–Crippen LogP) is 8.05. The van der Waals surface area contributed by atoms with Gasteiger partial charge in [0.05, 0.1) is 0 Å². The zero-order valence-corrected chi connectivity index (χ0v) is 20.7. The fourth-order valence-electron chi connectivity index (χ4n) is 2.81. The summed E-state index contributed by atoms with van der Waals surface area (Å²) in [6.07, 6.45) is 0. The van der Waals surface area contributed by atoms with Crippen molar-refractivity contribution in [1.82, 2.24) is 0 Å². The van der Waals surface area contributed by atoms with Crippen molar-refractivity contribution in [2.75, 3.05) is 22.2 Å². The molecule has 2 rings (SSSR count). The molecule has 2 aromatic carbocycles. The zero-order chi connectivity index (χ0) is 18.4. The first-order valence-corrected chi connectivity index (χ1v) is 13.3. The van der Waals surface area contributed by atoms with E-state index in [-0.39, 0.29) is 0 Å². The van der Waals surface area contributed by atoms with Crippen molar-refractivity contribution >= 4 is 67.1 Å². The lowest BCUT2D eigenvalue weighted by molar-refractivity contribution is 1.15. The molecule has 0 saturated heterocycles. The lowest BCUT2D eigenvalue weighted by Gasteiger charge is -2.14. The van der Waals surface area contributed by atoms with Crippen LogP contribution in [0.2, 0.25) is 0 Å². The standard InChI is InChI=1S/C20H24Br2S3/c1-13-9-17(10-14(2)19(13)23-7-5-21)25-18-11-15(3)20(16(4)12-18)24-8-6-22/h9-12H,5-8H2,1-4H3. The van der Waals surface area contributed by atoms with Crippen LogP contribution in [0.5, 0.6) is 0 Å². The van der Waals surface area contributed by atoms with Crippen molar-refractivity contribution in [2.24, 2.45) is 0 Å². The van der Waals surface area contributed by atoms with E-state index in [1.165, 1.54) is 41.8 Å². The van der Waals surface area contributed by atoms with Crippen LogP contribution in [0.15, 0.2) is 43.8 Å². The number of halogens is 2. The van der Waals surface area contributed by atoms with Crippen LogP contribution >= 0.6 is 67.1 Å². The van der Waals surface area contributed by atoms with Crippen LogP contribution in [0.25, 0.3) is 0 Å². The third-order valence-electron chi connectivity index (χ3n) is 3.75. The van der Waals surface area contributed by atoms with Crippen molar-refractivity contribution in [1.29, 1.82) is 0 Å². The zero-order valence-electron chi connectivity index (χ0n) is 15.1. The smallest absolute Gasteiger partial charge is 0.0131 e. The summed E-state index contributed by atoms with van der Waals surface area (Å²) in [7, 11) is 0. The molecule has 25 heavy (non-hydrogen) atoms. The number of hydrogen-bond acceptors (Lipinski definition) is 3. The molecule has 0 heterocycles. The number of thioether (sulfide) groups is 2. The van der Waals surface area contributed by atoms with Gasteiger partial charge in [0.2, 0.25) is 0 Å². The Labute approximate surface area is 182 Å². The van der Waals surface area contributed by atoms with Gasteiger partial charge in [0, 0.05) is 41.7 Å². The predicted molar refractivity (Wildman–Crippen MR) is 125 cm³/mol. The van der Waals surface area contributed by atoms with Gasteiger partial charge in [0.1, 0.15) is 0 Å². The van der Waals surface area contributed by atoms with Gasteiger partial charge in [0.15, 0.2) is 0 Å². The Bertz CT molecular complexity index is 621. The molecule has 0 spiro atoms. The molecule has 0 aliphatic carbocycles. The molecule has 0 atom stereocenters. The Balaban J connectivity index is 2.22. The van der Waals surface area contributed by atoms with Crippen LogP contribution in [0.1, 0.15) is 22.3 Å². The first kappa shape index (κ1) is 21.7. The van der Waals surface area contributed by atoms with Gasteiger partial charge in [-0.3, -0.25) is 0 Å². The first-order chi connectivity index (χ1) is 12.0. The molecule has 0 radical (unpaired) electrons. The maximum Gasteiger partial charge on any atom is 0.0131 e. The summed E-state index contributed by atoms with van der Waals surface area (Å²) in [6, 6.07) is 9.30. The monoisotopic (exact) mass is 518 g/mol. The molecule has 0 nitrogen and oxygen atoms in total. The maximum atomic E-state index is 3.52. The van der Waals surface area contributed by atoms with Gasteiger partial charge < -0.3 is 0 Å². The second-order valence-electron chi connectivity index (χ2n) is 5.95. The van der Waals surface area contributed by atoms with Crippen LogP contribution < -0.4 is 0 Å². The second-order valence-corrected chi connectivity index (χ2v) is 10.9. The molecule has 0 bridgehead atoms. The Morgan fingerprint density at radius 3 is 1.24 bits per heavy atom. The van der Waals surface area contributed by atoms with E-state index in [2.05, 4.69) is 83.8 Å². The number of hydrogen-bond donors (Lipinski definition) is 0. The third-order valence-corrected chi connectivity index (χ3v) is 9.22. The first-order valence-electron chi connectivity index (χ1n) is 8.24. The minimum Gasteiger partial charge on any atom is -0.125 e. The molecule has 0 fully saturated rings. The van der Waals surface area contributed by atoms with Crippen LogP contribution in [0, 0.1) is 27.7 Å². The van der Waals surface area contributed by atoms with Gasteiger partial charge in [0.25, 0.3) is 0 Å². The van der Waals surface area contributed by atoms with Crippen LogP contribution in [-0.2, 0) is 0 Å². The fourth-order valence-corrected chi connectivity index (χ4v) is 6.71. The van der Waals surface area contributed by atoms with E-state index >= 15 is 0 Å². The minimum absolute atomic E-state index is 1.03. The number of benzene rings is 2. The summed E-state index contributed by atoms with van der Waals surface area (Å²) in [5, 5.41) is 2.07. The summed E-state index contributed by atoms with van der Waals surface area (Å²) in [4.78, 5) is 5.52. The molecule has 0 unspecified atom stereocenters. The number of rotatable bonds is 8. The van der Waals surface area contributed by atoms with Crippen molar-refractivity contribution < 1.29 is 0 Å². The normalized spacial score (nSPS) is 11.1. The Kier molecular flexibility index (Phi) is 9.31. The molecule has 2 aromatic rings. The van der Waals surface area contributed by atoms with Crippen LogP contribution in [-0.4, -0.2) is 22.2 Å². The lowest BCUT2D eigenvalue weighted by Crippen LogP contribution is -1.91. The van der Waals surface area contributed by atoms with Crippen molar-refractivity contribution in [2.45, 2.75) is 47.3 Å². The van der Waals surface area contributed by atoms with E-state index in [1.54, 1.807) is 0 Å². The summed E-state index contributed by atoms with van der Waals surface area (Å²) in [6.45, 7) is 8.91. The van der Waals surface area contributed by atoms with E-state index < -0.39 is 0 Å². The summed E-state index contributed by atoms with van der Waals surface area (Å²) < 4.78 is 0. The van der Waals surface area contributed by atoms with Gasteiger partial charge in [-0.15, -0.1) is 23.5 Å². The quantitative estimate of drug-likeness (QED) is 0.255. The van der Waals surface area contributed by atoms with Gasteiger partial charge in [-0.2, -0.15) is 0 Å². The van der Waals surface area contributed by atoms with E-state index in [4.69, 9.17) is 0 Å². The third kappa shape index (κ3) is 6.24. The average Bonchev–Trinajstić information content (AvgIpc) is 2.53. The molecular formula is C20H24Br2S3. The highest BCUT2D eigenvalue weighted by Crippen LogP contribution is 2.37. The molecule has 0 N–H and O–H groups in total. The number of alkyl halides is 2. The molecule has 0 amide bonds. The molecule has 0 saturated carbocycles. The summed E-state index contributed by atoms with van der Waals surface area (Å²) in [5.41, 5.74) is 5.52. The second kappa shape index (κ2) is 10.7. The van der Waals surface area contributed by atoms with Gasteiger partial charge in [-0.25, -0.2) is 0 Å². The van der Waals surface area contributed by atoms with Crippen LogP contribution in [0.3, 0.4) is 0 Å². The van der Waals surface area contributed by atoms with E-state index in [9.17, 15) is 0 Å². The highest BCUT2D eigenvalue weighted by Gasteiger charge is 2.10. The SMILES string of the molecule is Cc1cc(Sc2cc(C)c(SCCBr)c(C)c2)cc(C)c1SCCBr. The molecule has 0 aliphatic rings. The molecule has 0 aromatic heterocycles. The lowest BCUT2D eigenvalue weighted by atomic mass is 10.1. The van der Waals surface area contributed by atoms with Crippen molar-refractivity contribution in [3.63, 3.8) is 0 Å². The molecule has 5 heteroatoms.